The molecule has 7 heteroatoms. The fourth-order valence-electron chi connectivity index (χ4n) is 1.99. The summed E-state index contributed by atoms with van der Waals surface area (Å²) in [5.74, 6) is 0. The molecule has 3 nitrogen and oxygen atoms in total. The SMILES string of the molecule is CNC(c1ccc(N(C)C)cc1)c1cnc(C(F)(F)F)s1. The van der Waals surface area contributed by atoms with Gasteiger partial charge in [0.1, 0.15) is 0 Å². The van der Waals surface area contributed by atoms with Crippen molar-refractivity contribution in [2.45, 2.75) is 12.2 Å². The Bertz CT molecular complexity index is 590. The van der Waals surface area contributed by atoms with Crippen LogP contribution in [-0.2, 0) is 6.18 Å². The zero-order chi connectivity index (χ0) is 15.6. The van der Waals surface area contributed by atoms with Gasteiger partial charge in [-0.15, -0.1) is 11.3 Å². The molecule has 1 unspecified atom stereocenters. The minimum Gasteiger partial charge on any atom is -0.378 e. The quantitative estimate of drug-likeness (QED) is 0.935. The number of alkyl halides is 3. The van der Waals surface area contributed by atoms with Gasteiger partial charge in [0, 0.05) is 30.9 Å². The van der Waals surface area contributed by atoms with E-state index < -0.39 is 11.2 Å². The highest BCUT2D eigenvalue weighted by molar-refractivity contribution is 7.11. The summed E-state index contributed by atoms with van der Waals surface area (Å²) in [7, 11) is 5.59. The van der Waals surface area contributed by atoms with Gasteiger partial charge in [0.05, 0.1) is 6.04 Å². The van der Waals surface area contributed by atoms with E-state index in [-0.39, 0.29) is 6.04 Å². The number of nitrogens with zero attached hydrogens (tertiary/aromatic N) is 2. The Morgan fingerprint density at radius 3 is 2.24 bits per heavy atom. The van der Waals surface area contributed by atoms with E-state index in [0.717, 1.165) is 11.3 Å². The van der Waals surface area contributed by atoms with Crippen molar-refractivity contribution in [3.8, 4) is 0 Å². The molecule has 0 aliphatic rings. The molecule has 0 spiro atoms. The van der Waals surface area contributed by atoms with E-state index in [4.69, 9.17) is 0 Å². The van der Waals surface area contributed by atoms with Crippen LogP contribution in [0.15, 0.2) is 30.5 Å². The number of rotatable bonds is 4. The Hall–Kier alpha value is -1.60. The van der Waals surface area contributed by atoms with E-state index in [0.29, 0.717) is 16.2 Å². The van der Waals surface area contributed by atoms with Crippen LogP contribution in [0.25, 0.3) is 0 Å². The molecule has 0 radical (unpaired) electrons. The molecule has 0 amide bonds. The van der Waals surface area contributed by atoms with E-state index >= 15 is 0 Å². The lowest BCUT2D eigenvalue weighted by Gasteiger charge is -2.17. The van der Waals surface area contributed by atoms with Crippen LogP contribution < -0.4 is 10.2 Å². The van der Waals surface area contributed by atoms with Crippen molar-refractivity contribution in [2.24, 2.45) is 0 Å². The Labute approximate surface area is 125 Å². The molecule has 1 heterocycles. The smallest absolute Gasteiger partial charge is 0.378 e. The van der Waals surface area contributed by atoms with Crippen LogP contribution in [0, 0.1) is 0 Å². The maximum atomic E-state index is 12.6. The molecule has 0 saturated heterocycles. The molecule has 0 bridgehead atoms. The first kappa shape index (κ1) is 15.8. The highest BCUT2D eigenvalue weighted by Gasteiger charge is 2.35. The van der Waals surface area contributed by atoms with Crippen LogP contribution in [0.5, 0.6) is 0 Å². The summed E-state index contributed by atoms with van der Waals surface area (Å²) in [6.45, 7) is 0. The summed E-state index contributed by atoms with van der Waals surface area (Å²) in [5.41, 5.74) is 1.94. The van der Waals surface area contributed by atoms with Crippen LogP contribution in [0.3, 0.4) is 0 Å². The fourth-order valence-corrected chi connectivity index (χ4v) is 2.91. The lowest BCUT2D eigenvalue weighted by Crippen LogP contribution is -2.17. The summed E-state index contributed by atoms with van der Waals surface area (Å²) in [4.78, 5) is 5.98. The van der Waals surface area contributed by atoms with Crippen LogP contribution in [0.1, 0.15) is 21.5 Å². The molecular formula is C14H16F3N3S. The Balaban J connectivity index is 2.29. The molecule has 0 aliphatic heterocycles. The number of aromatic nitrogens is 1. The average molecular weight is 315 g/mol. The van der Waals surface area contributed by atoms with Crippen molar-refractivity contribution in [2.75, 3.05) is 26.0 Å². The van der Waals surface area contributed by atoms with E-state index in [2.05, 4.69) is 10.3 Å². The first-order valence-electron chi connectivity index (χ1n) is 6.30. The third kappa shape index (κ3) is 3.54. The normalized spacial score (nSPS) is 13.2. The number of hydrogen-bond acceptors (Lipinski definition) is 4. The van der Waals surface area contributed by atoms with Gasteiger partial charge in [0.25, 0.3) is 0 Å². The zero-order valence-electron chi connectivity index (χ0n) is 11.9. The summed E-state index contributed by atoms with van der Waals surface area (Å²) >= 11 is 0.669. The van der Waals surface area contributed by atoms with Gasteiger partial charge in [-0.1, -0.05) is 12.1 Å². The molecule has 1 aromatic carbocycles. The molecule has 0 saturated carbocycles. The van der Waals surface area contributed by atoms with Crippen molar-refractivity contribution < 1.29 is 13.2 Å². The molecule has 1 atom stereocenters. The molecule has 21 heavy (non-hydrogen) atoms. The summed E-state index contributed by atoms with van der Waals surface area (Å²) in [6, 6.07) is 7.39. The van der Waals surface area contributed by atoms with Gasteiger partial charge >= 0.3 is 6.18 Å². The topological polar surface area (TPSA) is 28.2 Å². The Kier molecular flexibility index (Phi) is 4.53. The second-order valence-electron chi connectivity index (χ2n) is 4.77. The third-order valence-corrected chi connectivity index (χ3v) is 4.19. The second-order valence-corrected chi connectivity index (χ2v) is 5.84. The molecule has 1 N–H and O–H groups in total. The Morgan fingerprint density at radius 1 is 1.19 bits per heavy atom. The van der Waals surface area contributed by atoms with Gasteiger partial charge in [0.15, 0.2) is 5.01 Å². The van der Waals surface area contributed by atoms with Gasteiger partial charge in [0.2, 0.25) is 0 Å². The van der Waals surface area contributed by atoms with E-state index in [1.165, 1.54) is 6.20 Å². The fraction of sp³-hybridized carbons (Fsp3) is 0.357. The summed E-state index contributed by atoms with van der Waals surface area (Å²) in [6.07, 6.45) is -3.11. The highest BCUT2D eigenvalue weighted by atomic mass is 32.1. The lowest BCUT2D eigenvalue weighted by molar-refractivity contribution is -0.137. The number of thiazole rings is 1. The van der Waals surface area contributed by atoms with Crippen molar-refractivity contribution in [1.29, 1.82) is 0 Å². The van der Waals surface area contributed by atoms with Crippen molar-refractivity contribution in [3.05, 3.63) is 45.9 Å². The molecule has 0 fully saturated rings. The lowest BCUT2D eigenvalue weighted by atomic mass is 10.1. The number of benzene rings is 1. The first-order valence-corrected chi connectivity index (χ1v) is 7.12. The maximum absolute atomic E-state index is 12.6. The number of nitrogens with one attached hydrogen (secondary N) is 1. The predicted molar refractivity (Wildman–Crippen MR) is 78.8 cm³/mol. The molecule has 2 rings (SSSR count). The van der Waals surface area contributed by atoms with Gasteiger partial charge in [-0.3, -0.25) is 0 Å². The van der Waals surface area contributed by atoms with Crippen molar-refractivity contribution in [3.63, 3.8) is 0 Å². The molecular weight excluding hydrogens is 299 g/mol. The second kappa shape index (κ2) is 6.03. The number of anilines is 1. The maximum Gasteiger partial charge on any atom is 0.443 e. The van der Waals surface area contributed by atoms with E-state index in [1.54, 1.807) is 7.05 Å². The minimum absolute atomic E-state index is 0.296. The van der Waals surface area contributed by atoms with Crippen molar-refractivity contribution in [1.82, 2.24) is 10.3 Å². The summed E-state index contributed by atoms with van der Waals surface area (Å²) in [5, 5.41) is 2.22. The molecule has 114 valence electrons. The zero-order valence-corrected chi connectivity index (χ0v) is 12.7. The minimum atomic E-state index is -4.39. The first-order chi connectivity index (χ1) is 9.82. The van der Waals surface area contributed by atoms with E-state index in [9.17, 15) is 13.2 Å². The van der Waals surface area contributed by atoms with Gasteiger partial charge in [-0.25, -0.2) is 4.98 Å². The van der Waals surface area contributed by atoms with Crippen LogP contribution in [-0.4, -0.2) is 26.1 Å². The highest BCUT2D eigenvalue weighted by Crippen LogP contribution is 2.36. The third-order valence-electron chi connectivity index (χ3n) is 3.08. The largest absolute Gasteiger partial charge is 0.443 e. The van der Waals surface area contributed by atoms with Gasteiger partial charge in [-0.2, -0.15) is 13.2 Å². The number of halogens is 3. The average Bonchev–Trinajstić information content (AvgIpc) is 2.90. The van der Waals surface area contributed by atoms with Crippen LogP contribution >= 0.6 is 11.3 Å². The predicted octanol–water partition coefficient (Wildman–Crippen LogP) is 3.54. The number of hydrogen-bond donors (Lipinski definition) is 1. The molecule has 2 aromatic rings. The monoisotopic (exact) mass is 315 g/mol. The van der Waals surface area contributed by atoms with Gasteiger partial charge in [-0.05, 0) is 24.7 Å². The van der Waals surface area contributed by atoms with E-state index in [1.807, 2.05) is 43.3 Å². The standard InChI is InChI=1S/C14H16F3N3S/c1-18-12(9-4-6-10(7-5-9)20(2)3)11-8-19-13(21-11)14(15,16)17/h4-8,12,18H,1-3H3. The summed E-state index contributed by atoms with van der Waals surface area (Å²) < 4.78 is 37.9. The van der Waals surface area contributed by atoms with Crippen LogP contribution in [0.2, 0.25) is 0 Å². The van der Waals surface area contributed by atoms with Crippen LogP contribution in [0.4, 0.5) is 18.9 Å². The Morgan fingerprint density at radius 2 is 1.81 bits per heavy atom. The molecule has 0 aliphatic carbocycles. The van der Waals surface area contributed by atoms with Crippen molar-refractivity contribution >= 4 is 17.0 Å². The van der Waals surface area contributed by atoms with Gasteiger partial charge < -0.3 is 10.2 Å². The molecule has 1 aromatic heterocycles.